The first-order valence-corrected chi connectivity index (χ1v) is 8.67. The zero-order valence-corrected chi connectivity index (χ0v) is 15.0. The van der Waals surface area contributed by atoms with Crippen molar-refractivity contribution in [1.29, 1.82) is 0 Å². The molecule has 0 unspecified atom stereocenters. The van der Waals surface area contributed by atoms with Crippen molar-refractivity contribution in [2.24, 2.45) is 5.10 Å². The molecule has 6 nitrogen and oxygen atoms in total. The number of amides is 2. The number of hydrogen-bond donors (Lipinski definition) is 2. The van der Waals surface area contributed by atoms with Crippen LogP contribution in [-0.2, 0) is 4.79 Å². The van der Waals surface area contributed by atoms with Gasteiger partial charge in [0.25, 0.3) is 11.8 Å². The molecule has 0 saturated carbocycles. The Morgan fingerprint density at radius 3 is 2.36 bits per heavy atom. The minimum atomic E-state index is -0.290. The normalized spacial score (nSPS) is 10.4. The molecule has 3 aromatic carbocycles. The average Bonchev–Trinajstić information content (AvgIpc) is 2.74. The molecular weight excluding hydrogens is 354 g/mol. The fourth-order valence-electron chi connectivity index (χ4n) is 2.37. The highest BCUT2D eigenvalue weighted by molar-refractivity contribution is 5.95. The van der Waals surface area contributed by atoms with Gasteiger partial charge in [0.05, 0.1) is 6.21 Å². The lowest BCUT2D eigenvalue weighted by atomic mass is 10.2. The summed E-state index contributed by atoms with van der Waals surface area (Å²) in [5.41, 5.74) is 4.44. The highest BCUT2D eigenvalue weighted by Crippen LogP contribution is 2.12. The lowest BCUT2D eigenvalue weighted by Gasteiger charge is -2.08. The molecule has 0 spiro atoms. The number of nitrogens with zero attached hydrogens (tertiary/aromatic N) is 1. The summed E-state index contributed by atoms with van der Waals surface area (Å²) in [7, 11) is 0. The van der Waals surface area contributed by atoms with Gasteiger partial charge in [0, 0.05) is 11.3 Å². The Bertz CT molecular complexity index is 957. The summed E-state index contributed by atoms with van der Waals surface area (Å²) in [5, 5.41) is 6.70. The Morgan fingerprint density at radius 1 is 0.893 bits per heavy atom. The van der Waals surface area contributed by atoms with E-state index < -0.39 is 0 Å². The van der Waals surface area contributed by atoms with Gasteiger partial charge in [-0.05, 0) is 42.0 Å². The van der Waals surface area contributed by atoms with E-state index in [4.69, 9.17) is 4.74 Å². The summed E-state index contributed by atoms with van der Waals surface area (Å²) in [6.07, 6.45) is 1.51. The maximum Gasteiger partial charge on any atom is 0.271 e. The van der Waals surface area contributed by atoms with Gasteiger partial charge >= 0.3 is 0 Å². The SMILES string of the molecule is O=C(COc1cccc(/C=N/NC(=O)c2ccccc2)c1)Nc1ccccc1. The topological polar surface area (TPSA) is 79.8 Å². The van der Waals surface area contributed by atoms with Gasteiger partial charge in [-0.25, -0.2) is 5.43 Å². The Kier molecular flexibility index (Phi) is 6.52. The predicted octanol–water partition coefficient (Wildman–Crippen LogP) is 3.47. The monoisotopic (exact) mass is 373 g/mol. The second-order valence-electron chi connectivity index (χ2n) is 5.84. The summed E-state index contributed by atoms with van der Waals surface area (Å²) in [6.45, 7) is -0.111. The summed E-state index contributed by atoms with van der Waals surface area (Å²) in [5.74, 6) is -0.0104. The zero-order chi connectivity index (χ0) is 19.6. The van der Waals surface area contributed by atoms with Crippen LogP contribution < -0.4 is 15.5 Å². The second kappa shape index (κ2) is 9.68. The van der Waals surface area contributed by atoms with Crippen LogP contribution in [0.5, 0.6) is 5.75 Å². The first-order valence-electron chi connectivity index (χ1n) is 8.67. The molecule has 0 radical (unpaired) electrons. The van der Waals surface area contributed by atoms with Gasteiger partial charge in [0.2, 0.25) is 0 Å². The lowest BCUT2D eigenvalue weighted by molar-refractivity contribution is -0.118. The molecule has 0 saturated heterocycles. The molecule has 2 amide bonds. The van der Waals surface area contributed by atoms with Crippen molar-refractivity contribution in [2.75, 3.05) is 11.9 Å². The average molecular weight is 373 g/mol. The number of rotatable bonds is 7. The zero-order valence-electron chi connectivity index (χ0n) is 15.0. The van der Waals surface area contributed by atoms with Crippen LogP contribution in [0.1, 0.15) is 15.9 Å². The molecule has 140 valence electrons. The van der Waals surface area contributed by atoms with E-state index in [2.05, 4.69) is 15.8 Å². The van der Waals surface area contributed by atoms with Crippen LogP contribution in [0.2, 0.25) is 0 Å². The van der Waals surface area contributed by atoms with E-state index in [0.29, 0.717) is 17.0 Å². The van der Waals surface area contributed by atoms with Crippen LogP contribution in [0.15, 0.2) is 90.0 Å². The number of ether oxygens (including phenoxy) is 1. The Labute approximate surface area is 162 Å². The predicted molar refractivity (Wildman–Crippen MR) is 109 cm³/mol. The molecular formula is C22H19N3O3. The van der Waals surface area contributed by atoms with Gasteiger partial charge in [-0.3, -0.25) is 9.59 Å². The molecule has 0 heterocycles. The summed E-state index contributed by atoms with van der Waals surface area (Å²) in [6, 6.07) is 25.1. The smallest absolute Gasteiger partial charge is 0.271 e. The second-order valence-corrected chi connectivity index (χ2v) is 5.84. The first-order chi connectivity index (χ1) is 13.7. The fourth-order valence-corrected chi connectivity index (χ4v) is 2.37. The number of anilines is 1. The number of para-hydroxylation sites is 1. The summed E-state index contributed by atoms with van der Waals surface area (Å²) < 4.78 is 5.52. The standard InChI is InChI=1S/C22H19N3O3/c26-21(24-19-11-5-2-6-12-19)16-28-20-13-7-8-17(14-20)15-23-25-22(27)18-9-3-1-4-10-18/h1-15H,16H2,(H,24,26)(H,25,27)/b23-15+. The maximum absolute atomic E-state index is 11.9. The number of hydrazone groups is 1. The van der Waals surface area contributed by atoms with Crippen molar-refractivity contribution < 1.29 is 14.3 Å². The van der Waals surface area contributed by atoms with Crippen LogP contribution in [0, 0.1) is 0 Å². The van der Waals surface area contributed by atoms with Crippen LogP contribution in [0.25, 0.3) is 0 Å². The quantitative estimate of drug-likeness (QED) is 0.492. The lowest BCUT2D eigenvalue weighted by Crippen LogP contribution is -2.20. The Morgan fingerprint density at radius 2 is 1.61 bits per heavy atom. The van der Waals surface area contributed by atoms with E-state index >= 15 is 0 Å². The van der Waals surface area contributed by atoms with Crippen molar-refractivity contribution in [2.45, 2.75) is 0 Å². The van der Waals surface area contributed by atoms with Crippen molar-refractivity contribution in [1.82, 2.24) is 5.43 Å². The molecule has 0 aromatic heterocycles. The molecule has 0 aliphatic heterocycles. The molecule has 2 N–H and O–H groups in total. The third-order valence-corrected chi connectivity index (χ3v) is 3.70. The van der Waals surface area contributed by atoms with E-state index in [0.717, 1.165) is 5.56 Å². The van der Waals surface area contributed by atoms with Gasteiger partial charge in [-0.15, -0.1) is 0 Å². The van der Waals surface area contributed by atoms with E-state index in [1.165, 1.54) is 6.21 Å². The van der Waals surface area contributed by atoms with Crippen molar-refractivity contribution in [3.63, 3.8) is 0 Å². The number of benzene rings is 3. The Hall–Kier alpha value is -3.93. The molecule has 0 fully saturated rings. The van der Waals surface area contributed by atoms with Crippen molar-refractivity contribution >= 4 is 23.7 Å². The van der Waals surface area contributed by atoms with E-state index in [1.54, 1.807) is 54.6 Å². The molecule has 28 heavy (non-hydrogen) atoms. The highest BCUT2D eigenvalue weighted by atomic mass is 16.5. The van der Waals surface area contributed by atoms with Gasteiger partial charge < -0.3 is 10.1 Å². The maximum atomic E-state index is 11.9. The minimum Gasteiger partial charge on any atom is -0.484 e. The summed E-state index contributed by atoms with van der Waals surface area (Å²) >= 11 is 0. The first kappa shape index (κ1) is 18.8. The third kappa shape index (κ3) is 5.81. The van der Waals surface area contributed by atoms with E-state index in [1.807, 2.05) is 30.3 Å². The third-order valence-electron chi connectivity index (χ3n) is 3.70. The molecule has 0 aliphatic carbocycles. The number of carbonyl (C=O) groups excluding carboxylic acids is 2. The van der Waals surface area contributed by atoms with Gasteiger partial charge in [-0.2, -0.15) is 5.10 Å². The van der Waals surface area contributed by atoms with Crippen LogP contribution in [0.3, 0.4) is 0 Å². The van der Waals surface area contributed by atoms with Gasteiger partial charge in [0.1, 0.15) is 5.75 Å². The minimum absolute atomic E-state index is 0.111. The molecule has 0 bridgehead atoms. The van der Waals surface area contributed by atoms with Crippen molar-refractivity contribution in [3.05, 3.63) is 96.1 Å². The van der Waals surface area contributed by atoms with Crippen LogP contribution in [-0.4, -0.2) is 24.6 Å². The molecule has 3 rings (SSSR count). The fraction of sp³-hybridized carbons (Fsp3) is 0.0455. The molecule has 3 aromatic rings. The molecule has 0 atom stereocenters. The molecule has 6 heteroatoms. The molecule has 0 aliphatic rings. The largest absolute Gasteiger partial charge is 0.484 e. The van der Waals surface area contributed by atoms with Gasteiger partial charge in [0.15, 0.2) is 6.61 Å². The summed E-state index contributed by atoms with van der Waals surface area (Å²) in [4.78, 5) is 23.9. The van der Waals surface area contributed by atoms with Crippen LogP contribution >= 0.6 is 0 Å². The van der Waals surface area contributed by atoms with Crippen LogP contribution in [0.4, 0.5) is 5.69 Å². The van der Waals surface area contributed by atoms with Crippen molar-refractivity contribution in [3.8, 4) is 5.75 Å². The Balaban J connectivity index is 1.51. The number of carbonyl (C=O) groups is 2. The van der Waals surface area contributed by atoms with E-state index in [-0.39, 0.29) is 18.4 Å². The number of hydrogen-bond acceptors (Lipinski definition) is 4. The number of nitrogens with one attached hydrogen (secondary N) is 2. The highest BCUT2D eigenvalue weighted by Gasteiger charge is 2.04. The van der Waals surface area contributed by atoms with E-state index in [9.17, 15) is 9.59 Å². The van der Waals surface area contributed by atoms with Gasteiger partial charge in [-0.1, -0.05) is 48.5 Å².